The summed E-state index contributed by atoms with van der Waals surface area (Å²) in [5, 5.41) is 12.0. The average Bonchev–Trinajstić information content (AvgIpc) is 2.34. The number of likely N-dealkylation sites (tertiary alicyclic amines) is 1. The van der Waals surface area contributed by atoms with E-state index < -0.39 is 5.82 Å². The first-order chi connectivity index (χ1) is 8.60. The van der Waals surface area contributed by atoms with E-state index in [9.17, 15) is 8.78 Å². The number of hydrogen-bond donors (Lipinski definition) is 1. The minimum atomic E-state index is -0.422. The Hall–Kier alpha value is -1.49. The van der Waals surface area contributed by atoms with Crippen LogP contribution in [0.3, 0.4) is 0 Å². The van der Waals surface area contributed by atoms with Crippen LogP contribution in [0, 0.1) is 17.6 Å². The molecular formula is C13H16F2N2O. The van der Waals surface area contributed by atoms with Crippen LogP contribution in [-0.4, -0.2) is 28.9 Å². The molecule has 98 valence electrons. The smallest absolute Gasteiger partial charge is 0.127 e. The second-order valence-electron chi connectivity index (χ2n) is 4.71. The Kier molecular flexibility index (Phi) is 3.91. The molecule has 0 amide bonds. The first-order valence-corrected chi connectivity index (χ1v) is 5.97. The summed E-state index contributed by atoms with van der Waals surface area (Å²) in [5.41, 5.74) is 1.14. The summed E-state index contributed by atoms with van der Waals surface area (Å²) in [7, 11) is 0. The Morgan fingerprint density at radius 3 is 2.89 bits per heavy atom. The first kappa shape index (κ1) is 13.0. The van der Waals surface area contributed by atoms with Crippen LogP contribution in [0.15, 0.2) is 23.4 Å². The van der Waals surface area contributed by atoms with Crippen molar-refractivity contribution in [1.82, 2.24) is 4.90 Å². The Morgan fingerprint density at radius 1 is 1.44 bits per heavy atom. The molecule has 0 bridgehead atoms. The number of hydrogen-bond acceptors (Lipinski definition) is 3. The summed E-state index contributed by atoms with van der Waals surface area (Å²) < 4.78 is 26.6. The molecule has 2 rings (SSSR count). The van der Waals surface area contributed by atoms with Crippen molar-refractivity contribution in [3.05, 3.63) is 35.4 Å². The van der Waals surface area contributed by atoms with Gasteiger partial charge in [0.15, 0.2) is 0 Å². The summed E-state index contributed by atoms with van der Waals surface area (Å²) >= 11 is 0. The highest BCUT2D eigenvalue weighted by Gasteiger charge is 2.23. The van der Waals surface area contributed by atoms with Crippen molar-refractivity contribution in [3.8, 4) is 0 Å². The Balaban J connectivity index is 2.04. The highest BCUT2D eigenvalue weighted by atomic mass is 19.1. The molecule has 1 atom stereocenters. The van der Waals surface area contributed by atoms with Gasteiger partial charge < -0.3 is 5.21 Å². The molecule has 0 aliphatic carbocycles. The molecule has 3 nitrogen and oxygen atoms in total. The van der Waals surface area contributed by atoms with Gasteiger partial charge in [-0.2, -0.15) is 0 Å². The van der Waals surface area contributed by atoms with Crippen molar-refractivity contribution in [2.75, 3.05) is 13.1 Å². The zero-order valence-electron chi connectivity index (χ0n) is 10.2. The van der Waals surface area contributed by atoms with Gasteiger partial charge in [0.05, 0.1) is 5.71 Å². The lowest BCUT2D eigenvalue weighted by Crippen LogP contribution is -2.39. The number of halogens is 2. The molecule has 5 heteroatoms. The predicted octanol–water partition coefficient (Wildman–Crippen LogP) is 2.64. The Labute approximate surface area is 105 Å². The van der Waals surface area contributed by atoms with Gasteiger partial charge in [-0.1, -0.05) is 12.1 Å². The third kappa shape index (κ3) is 2.85. The molecule has 0 saturated carbocycles. The number of nitrogens with zero attached hydrogens (tertiary/aromatic N) is 2. The van der Waals surface area contributed by atoms with Gasteiger partial charge in [0.2, 0.25) is 0 Å². The lowest BCUT2D eigenvalue weighted by Gasteiger charge is -2.31. The number of benzene rings is 1. The fourth-order valence-corrected chi connectivity index (χ4v) is 2.30. The van der Waals surface area contributed by atoms with Gasteiger partial charge in [0.1, 0.15) is 11.6 Å². The van der Waals surface area contributed by atoms with Gasteiger partial charge in [0, 0.05) is 37.5 Å². The van der Waals surface area contributed by atoms with Crippen LogP contribution < -0.4 is 0 Å². The van der Waals surface area contributed by atoms with Gasteiger partial charge in [-0.3, -0.25) is 4.90 Å². The first-order valence-electron chi connectivity index (χ1n) is 5.97. The summed E-state index contributed by atoms with van der Waals surface area (Å²) in [6.07, 6.45) is 0.661. The SMILES string of the molecule is CC1CN(Cc2cc(F)ccc2F)CC/C1=N\O. The van der Waals surface area contributed by atoms with Crippen LogP contribution >= 0.6 is 0 Å². The second-order valence-corrected chi connectivity index (χ2v) is 4.71. The zero-order valence-corrected chi connectivity index (χ0v) is 10.2. The Morgan fingerprint density at radius 2 is 2.22 bits per heavy atom. The summed E-state index contributed by atoms with van der Waals surface area (Å²) in [5.74, 6) is -0.667. The van der Waals surface area contributed by atoms with Crippen molar-refractivity contribution in [3.63, 3.8) is 0 Å². The van der Waals surface area contributed by atoms with Crippen molar-refractivity contribution in [2.24, 2.45) is 11.1 Å². The minimum Gasteiger partial charge on any atom is -0.411 e. The van der Waals surface area contributed by atoms with Crippen LogP contribution in [0.25, 0.3) is 0 Å². The van der Waals surface area contributed by atoms with E-state index in [1.165, 1.54) is 6.07 Å². The summed E-state index contributed by atoms with van der Waals surface area (Å²) in [6, 6.07) is 3.50. The maximum Gasteiger partial charge on any atom is 0.127 e. The standard InChI is InChI=1S/C13H16F2N2O/c1-9-7-17(5-4-13(9)16-18)8-10-6-11(14)2-3-12(10)15/h2-3,6,9,18H,4-5,7-8H2,1H3/b16-13+. The Bertz CT molecular complexity index is 462. The van der Waals surface area contributed by atoms with Crippen LogP contribution in [0.4, 0.5) is 8.78 Å². The molecule has 1 aromatic carbocycles. The van der Waals surface area contributed by atoms with Gasteiger partial charge in [-0.05, 0) is 18.2 Å². The second kappa shape index (κ2) is 5.44. The van der Waals surface area contributed by atoms with Gasteiger partial charge in [0.25, 0.3) is 0 Å². The molecule has 18 heavy (non-hydrogen) atoms. The maximum absolute atomic E-state index is 13.5. The van der Waals surface area contributed by atoms with Gasteiger partial charge >= 0.3 is 0 Å². The normalized spacial score (nSPS) is 23.5. The van der Waals surface area contributed by atoms with Crippen LogP contribution in [-0.2, 0) is 6.54 Å². The molecule has 1 unspecified atom stereocenters. The number of rotatable bonds is 2. The van der Waals surface area contributed by atoms with Crippen LogP contribution in [0.5, 0.6) is 0 Å². The van der Waals surface area contributed by atoms with E-state index in [0.29, 0.717) is 31.6 Å². The molecule has 1 N–H and O–H groups in total. The fraction of sp³-hybridized carbons (Fsp3) is 0.462. The van der Waals surface area contributed by atoms with Crippen LogP contribution in [0.1, 0.15) is 18.9 Å². The molecule has 1 aromatic rings. The zero-order chi connectivity index (χ0) is 13.1. The molecule has 0 spiro atoms. The molecule has 0 radical (unpaired) electrons. The van der Waals surface area contributed by atoms with E-state index in [2.05, 4.69) is 5.16 Å². The van der Waals surface area contributed by atoms with E-state index >= 15 is 0 Å². The lowest BCUT2D eigenvalue weighted by atomic mass is 9.97. The average molecular weight is 254 g/mol. The molecule has 1 aliphatic heterocycles. The highest BCUT2D eigenvalue weighted by Crippen LogP contribution is 2.18. The van der Waals surface area contributed by atoms with Crippen molar-refractivity contribution >= 4 is 5.71 Å². The van der Waals surface area contributed by atoms with Crippen LogP contribution in [0.2, 0.25) is 0 Å². The van der Waals surface area contributed by atoms with E-state index in [0.717, 1.165) is 17.8 Å². The predicted molar refractivity (Wildman–Crippen MR) is 64.6 cm³/mol. The molecule has 1 heterocycles. The lowest BCUT2D eigenvalue weighted by molar-refractivity contribution is 0.226. The molecular weight excluding hydrogens is 238 g/mol. The highest BCUT2D eigenvalue weighted by molar-refractivity contribution is 5.86. The summed E-state index contributed by atoms with van der Waals surface area (Å²) in [4.78, 5) is 2.04. The summed E-state index contributed by atoms with van der Waals surface area (Å²) in [6.45, 7) is 3.73. The molecule has 0 aromatic heterocycles. The van der Waals surface area contributed by atoms with Gasteiger partial charge in [-0.25, -0.2) is 8.78 Å². The van der Waals surface area contributed by atoms with Crippen molar-refractivity contribution < 1.29 is 14.0 Å². The minimum absolute atomic E-state index is 0.139. The van der Waals surface area contributed by atoms with E-state index in [4.69, 9.17) is 5.21 Å². The third-order valence-electron chi connectivity index (χ3n) is 3.32. The molecule has 1 aliphatic rings. The molecule has 1 fully saturated rings. The van der Waals surface area contributed by atoms with E-state index in [1.54, 1.807) is 0 Å². The van der Waals surface area contributed by atoms with E-state index in [-0.39, 0.29) is 11.7 Å². The largest absolute Gasteiger partial charge is 0.411 e. The number of piperidine rings is 1. The maximum atomic E-state index is 13.5. The van der Waals surface area contributed by atoms with E-state index in [1.807, 2.05) is 11.8 Å². The fourth-order valence-electron chi connectivity index (χ4n) is 2.30. The topological polar surface area (TPSA) is 35.8 Å². The monoisotopic (exact) mass is 254 g/mol. The third-order valence-corrected chi connectivity index (χ3v) is 3.32. The van der Waals surface area contributed by atoms with Crippen molar-refractivity contribution in [1.29, 1.82) is 0 Å². The van der Waals surface area contributed by atoms with Crippen molar-refractivity contribution in [2.45, 2.75) is 19.9 Å². The molecule has 1 saturated heterocycles. The number of oxime groups is 1. The quantitative estimate of drug-likeness (QED) is 0.650. The van der Waals surface area contributed by atoms with Gasteiger partial charge in [-0.15, -0.1) is 0 Å².